The third-order valence-electron chi connectivity index (χ3n) is 2.67. The Morgan fingerprint density at radius 2 is 1.77 bits per heavy atom. The normalized spacial score (nSPS) is 20.8. The summed E-state index contributed by atoms with van der Waals surface area (Å²) in [6, 6.07) is 8.00. The summed E-state index contributed by atoms with van der Waals surface area (Å²) in [7, 11) is -1.34. The Morgan fingerprint density at radius 3 is 2.38 bits per heavy atom. The van der Waals surface area contributed by atoms with Crippen molar-refractivity contribution in [2.45, 2.75) is 25.2 Å². The summed E-state index contributed by atoms with van der Waals surface area (Å²) in [5, 5.41) is 0. The molecule has 0 saturated carbocycles. The standard InChI is InChI=1S/C11H14OSi/c1-13(2,3)11-9-7-5-4-6-8(9)10(11)12/h4-7,11H,1-3H3. The molecule has 0 N–H and O–H groups in total. The van der Waals surface area contributed by atoms with E-state index in [1.807, 2.05) is 18.2 Å². The Labute approximate surface area is 79.8 Å². The van der Waals surface area contributed by atoms with Gasteiger partial charge in [0.2, 0.25) is 0 Å². The summed E-state index contributed by atoms with van der Waals surface area (Å²) in [5.41, 5.74) is 2.49. The van der Waals surface area contributed by atoms with E-state index in [1.54, 1.807) is 0 Å². The zero-order valence-electron chi connectivity index (χ0n) is 8.29. The molecule has 1 aromatic carbocycles. The molecule has 0 fully saturated rings. The van der Waals surface area contributed by atoms with E-state index < -0.39 is 8.07 Å². The van der Waals surface area contributed by atoms with Gasteiger partial charge >= 0.3 is 0 Å². The van der Waals surface area contributed by atoms with Gasteiger partial charge in [-0.1, -0.05) is 43.9 Å². The number of carbonyl (C=O) groups excluding carboxylic acids is 1. The number of ketones is 1. The van der Waals surface area contributed by atoms with Crippen LogP contribution in [0.3, 0.4) is 0 Å². The summed E-state index contributed by atoms with van der Waals surface area (Å²) in [6.07, 6.45) is 0. The Bertz CT molecular complexity index is 363. The van der Waals surface area contributed by atoms with Crippen LogP contribution < -0.4 is 0 Å². The van der Waals surface area contributed by atoms with Crippen LogP contribution in [0.15, 0.2) is 24.3 Å². The minimum absolute atomic E-state index is 0.253. The molecule has 1 unspecified atom stereocenters. The molecular weight excluding hydrogens is 176 g/mol. The maximum atomic E-state index is 11.7. The lowest BCUT2D eigenvalue weighted by Crippen LogP contribution is -2.43. The smallest absolute Gasteiger partial charge is 0.167 e. The van der Waals surface area contributed by atoms with Crippen molar-refractivity contribution < 1.29 is 4.79 Å². The van der Waals surface area contributed by atoms with Gasteiger partial charge in [0.25, 0.3) is 0 Å². The van der Waals surface area contributed by atoms with Crippen LogP contribution in [0, 0.1) is 0 Å². The van der Waals surface area contributed by atoms with Crippen molar-refractivity contribution >= 4 is 13.9 Å². The Morgan fingerprint density at radius 1 is 1.15 bits per heavy atom. The van der Waals surface area contributed by atoms with Crippen LogP contribution in [0.4, 0.5) is 0 Å². The molecule has 1 aromatic rings. The average Bonchev–Trinajstić information content (AvgIpc) is 2.00. The molecule has 0 radical (unpaired) electrons. The molecule has 0 heterocycles. The van der Waals surface area contributed by atoms with Crippen LogP contribution in [0.2, 0.25) is 19.6 Å². The minimum atomic E-state index is -1.34. The molecule has 0 aromatic heterocycles. The van der Waals surface area contributed by atoms with Crippen molar-refractivity contribution in [3.8, 4) is 0 Å². The van der Waals surface area contributed by atoms with E-state index in [2.05, 4.69) is 25.7 Å². The summed E-state index contributed by atoms with van der Waals surface area (Å²) in [6.45, 7) is 6.77. The fourth-order valence-electron chi connectivity index (χ4n) is 2.05. The first-order valence-corrected chi connectivity index (χ1v) is 8.22. The van der Waals surface area contributed by atoms with Gasteiger partial charge in [-0.25, -0.2) is 0 Å². The number of fused-ring (bicyclic) bond motifs is 1. The fourth-order valence-corrected chi connectivity index (χ4v) is 4.18. The molecule has 0 spiro atoms. The Hall–Kier alpha value is -0.893. The highest BCUT2D eigenvalue weighted by atomic mass is 28.3. The highest BCUT2D eigenvalue weighted by Gasteiger charge is 2.43. The quantitative estimate of drug-likeness (QED) is 0.622. The van der Waals surface area contributed by atoms with E-state index in [4.69, 9.17) is 0 Å². The highest BCUT2D eigenvalue weighted by Crippen LogP contribution is 2.40. The molecule has 0 aliphatic heterocycles. The molecule has 0 bridgehead atoms. The highest BCUT2D eigenvalue weighted by molar-refractivity contribution is 6.82. The Kier molecular flexibility index (Phi) is 1.70. The maximum Gasteiger partial charge on any atom is 0.167 e. The van der Waals surface area contributed by atoms with Gasteiger partial charge in [0.05, 0.1) is 8.07 Å². The second-order valence-electron chi connectivity index (χ2n) is 4.75. The number of benzene rings is 1. The van der Waals surface area contributed by atoms with Gasteiger partial charge in [-0.15, -0.1) is 0 Å². The Balaban J connectivity index is 2.46. The molecular formula is C11H14OSi. The van der Waals surface area contributed by atoms with Gasteiger partial charge < -0.3 is 0 Å². The van der Waals surface area contributed by atoms with Gasteiger partial charge in [0.15, 0.2) is 5.78 Å². The average molecular weight is 190 g/mol. The number of hydrogen-bond acceptors (Lipinski definition) is 1. The van der Waals surface area contributed by atoms with Crippen LogP contribution in [-0.2, 0) is 0 Å². The lowest BCUT2D eigenvalue weighted by Gasteiger charge is -2.36. The van der Waals surface area contributed by atoms with Crippen LogP contribution in [0.25, 0.3) is 0 Å². The molecule has 0 amide bonds. The number of rotatable bonds is 1. The molecule has 1 aliphatic rings. The molecule has 2 heteroatoms. The fraction of sp³-hybridized carbons (Fsp3) is 0.364. The van der Waals surface area contributed by atoms with E-state index in [0.717, 1.165) is 5.56 Å². The lowest BCUT2D eigenvalue weighted by molar-refractivity contribution is 0.0957. The van der Waals surface area contributed by atoms with Crippen LogP contribution >= 0.6 is 0 Å². The van der Waals surface area contributed by atoms with E-state index in [9.17, 15) is 4.79 Å². The first-order chi connectivity index (χ1) is 6.02. The third kappa shape index (κ3) is 1.17. The molecule has 1 nitrogen and oxygen atoms in total. The molecule has 1 atom stereocenters. The van der Waals surface area contributed by atoms with Crippen molar-refractivity contribution in [3.05, 3.63) is 35.4 Å². The van der Waals surface area contributed by atoms with Gasteiger partial charge in [-0.3, -0.25) is 4.79 Å². The van der Waals surface area contributed by atoms with E-state index in [0.29, 0.717) is 5.78 Å². The third-order valence-corrected chi connectivity index (χ3v) is 4.97. The van der Waals surface area contributed by atoms with E-state index >= 15 is 0 Å². The molecule has 13 heavy (non-hydrogen) atoms. The predicted molar refractivity (Wildman–Crippen MR) is 56.9 cm³/mol. The predicted octanol–water partition coefficient (Wildman–Crippen LogP) is 2.84. The van der Waals surface area contributed by atoms with Crippen molar-refractivity contribution in [1.29, 1.82) is 0 Å². The van der Waals surface area contributed by atoms with E-state index in [1.165, 1.54) is 5.56 Å². The second-order valence-corrected chi connectivity index (χ2v) is 10.1. The molecule has 0 saturated heterocycles. The van der Waals surface area contributed by atoms with Gasteiger partial charge in [0.1, 0.15) is 0 Å². The topological polar surface area (TPSA) is 17.1 Å². The summed E-state index contributed by atoms with van der Waals surface area (Å²) >= 11 is 0. The molecule has 2 rings (SSSR count). The SMILES string of the molecule is C[Si](C)(C)C1C(=O)c2ccccc21. The minimum Gasteiger partial charge on any atom is -0.294 e. The van der Waals surface area contributed by atoms with Gasteiger partial charge in [-0.05, 0) is 5.56 Å². The zero-order valence-corrected chi connectivity index (χ0v) is 9.29. The molecule has 68 valence electrons. The molecule has 1 aliphatic carbocycles. The van der Waals surface area contributed by atoms with E-state index in [-0.39, 0.29) is 5.54 Å². The zero-order chi connectivity index (χ0) is 9.64. The van der Waals surface area contributed by atoms with Gasteiger partial charge in [0, 0.05) is 11.1 Å². The lowest BCUT2D eigenvalue weighted by atomic mass is 9.86. The van der Waals surface area contributed by atoms with Gasteiger partial charge in [-0.2, -0.15) is 0 Å². The maximum absolute atomic E-state index is 11.7. The first-order valence-electron chi connectivity index (χ1n) is 4.65. The number of hydrogen-bond donors (Lipinski definition) is 0. The van der Waals surface area contributed by atoms with Crippen molar-refractivity contribution in [3.63, 3.8) is 0 Å². The van der Waals surface area contributed by atoms with Crippen LogP contribution in [-0.4, -0.2) is 13.9 Å². The van der Waals surface area contributed by atoms with Crippen LogP contribution in [0.1, 0.15) is 21.5 Å². The monoisotopic (exact) mass is 190 g/mol. The largest absolute Gasteiger partial charge is 0.294 e. The first kappa shape index (κ1) is 8.69. The van der Waals surface area contributed by atoms with Crippen LogP contribution in [0.5, 0.6) is 0 Å². The van der Waals surface area contributed by atoms with Crippen molar-refractivity contribution in [1.82, 2.24) is 0 Å². The van der Waals surface area contributed by atoms with Crippen molar-refractivity contribution in [2.24, 2.45) is 0 Å². The summed E-state index contributed by atoms with van der Waals surface area (Å²) in [5.74, 6) is 0.370. The summed E-state index contributed by atoms with van der Waals surface area (Å²) in [4.78, 5) is 11.7. The number of Topliss-reactive ketones (excluding diaryl/α,β-unsaturated/α-hetero) is 1. The second kappa shape index (κ2) is 2.55. The number of carbonyl (C=O) groups is 1. The summed E-state index contributed by atoms with van der Waals surface area (Å²) < 4.78 is 0. The van der Waals surface area contributed by atoms with Crippen molar-refractivity contribution in [2.75, 3.05) is 0 Å².